The molecular weight excluding hydrogens is 396 g/mol. The molecule has 1 unspecified atom stereocenters. The molecule has 0 bridgehead atoms. The molecule has 4 heteroatoms. The van der Waals surface area contributed by atoms with Crippen LogP contribution < -0.4 is 10.1 Å². The molecule has 168 valence electrons. The molecule has 0 fully saturated rings. The van der Waals surface area contributed by atoms with Crippen molar-refractivity contribution in [3.63, 3.8) is 0 Å². The van der Waals surface area contributed by atoms with Gasteiger partial charge in [0.15, 0.2) is 5.78 Å². The van der Waals surface area contributed by atoms with Gasteiger partial charge >= 0.3 is 0 Å². The molecule has 0 saturated carbocycles. The molecule has 32 heavy (non-hydrogen) atoms. The van der Waals surface area contributed by atoms with Crippen LogP contribution in [0.25, 0.3) is 0 Å². The third-order valence-electron chi connectivity index (χ3n) is 5.70. The first kappa shape index (κ1) is 23.5. The first-order valence-corrected chi connectivity index (χ1v) is 11.7. The number of anilines is 1. The van der Waals surface area contributed by atoms with Crippen LogP contribution in [-0.2, 0) is 6.61 Å². The van der Waals surface area contributed by atoms with E-state index in [-0.39, 0.29) is 5.78 Å². The van der Waals surface area contributed by atoms with Crippen LogP contribution in [0.2, 0.25) is 0 Å². The van der Waals surface area contributed by atoms with Crippen LogP contribution in [0.4, 0.5) is 5.82 Å². The number of nitrogens with one attached hydrogen (secondary N) is 1. The number of nitrogens with zero attached hydrogens (tertiary/aromatic N) is 1. The number of carbonyl (C=O) groups excluding carboxylic acids is 1. The second-order valence-electron chi connectivity index (χ2n) is 8.20. The number of unbranched alkanes of at least 4 members (excludes halogenated alkanes) is 1. The minimum absolute atomic E-state index is 0.0333. The molecule has 0 amide bonds. The van der Waals surface area contributed by atoms with E-state index in [0.29, 0.717) is 29.6 Å². The fourth-order valence-corrected chi connectivity index (χ4v) is 3.88. The number of hydrogen-bond donors (Lipinski definition) is 1. The maximum Gasteiger partial charge on any atom is 0.197 e. The Morgan fingerprint density at radius 3 is 2.47 bits per heavy atom. The van der Waals surface area contributed by atoms with Crippen molar-refractivity contribution in [2.24, 2.45) is 0 Å². The highest BCUT2D eigenvalue weighted by Gasteiger charge is 2.20. The zero-order valence-electron chi connectivity index (χ0n) is 19.4. The second-order valence-corrected chi connectivity index (χ2v) is 8.20. The van der Waals surface area contributed by atoms with Crippen molar-refractivity contribution in [2.45, 2.75) is 65.5 Å². The first-order chi connectivity index (χ1) is 15.6. The lowest BCUT2D eigenvalue weighted by atomic mass is 9.98. The molecular formula is C28H34N2O2. The topological polar surface area (TPSA) is 51.2 Å². The maximum atomic E-state index is 13.5. The largest absolute Gasteiger partial charge is 0.489 e. The molecule has 0 radical (unpaired) electrons. The third kappa shape index (κ3) is 6.19. The standard InChI is InChI=1S/C28H34N2O2/c1-4-6-15-23(12-5-2)30-28-25(17-11-19-29-28)27(31)24-16-10-18-26(21(24)3)32-20-22-13-8-7-9-14-22/h7-11,13-14,16-19,23H,4-6,12,15,20H2,1-3H3,(H,29,30). The summed E-state index contributed by atoms with van der Waals surface area (Å²) in [6.07, 6.45) is 7.30. The minimum Gasteiger partial charge on any atom is -0.489 e. The Kier molecular flexibility index (Phi) is 8.85. The molecule has 1 heterocycles. The van der Waals surface area contributed by atoms with Crippen LogP contribution in [0.15, 0.2) is 66.9 Å². The Morgan fingerprint density at radius 1 is 0.938 bits per heavy atom. The molecule has 3 rings (SSSR count). The van der Waals surface area contributed by atoms with E-state index in [1.807, 2.05) is 67.6 Å². The Labute approximate surface area is 192 Å². The summed E-state index contributed by atoms with van der Waals surface area (Å²) in [6, 6.07) is 19.7. The number of benzene rings is 2. The number of carbonyl (C=O) groups is 1. The molecule has 0 saturated heterocycles. The monoisotopic (exact) mass is 430 g/mol. The zero-order chi connectivity index (χ0) is 22.8. The van der Waals surface area contributed by atoms with E-state index in [9.17, 15) is 4.79 Å². The molecule has 1 aromatic heterocycles. The van der Waals surface area contributed by atoms with Crippen LogP contribution in [0, 0.1) is 6.92 Å². The van der Waals surface area contributed by atoms with Gasteiger partial charge in [0.2, 0.25) is 0 Å². The molecule has 1 atom stereocenters. The minimum atomic E-state index is -0.0333. The van der Waals surface area contributed by atoms with E-state index in [4.69, 9.17) is 4.74 Å². The van der Waals surface area contributed by atoms with Crippen molar-refractivity contribution in [3.05, 3.63) is 89.1 Å². The van der Waals surface area contributed by atoms with Gasteiger partial charge in [-0.05, 0) is 43.5 Å². The van der Waals surface area contributed by atoms with Gasteiger partial charge < -0.3 is 10.1 Å². The summed E-state index contributed by atoms with van der Waals surface area (Å²) in [5.41, 5.74) is 3.19. The van der Waals surface area contributed by atoms with Crippen LogP contribution >= 0.6 is 0 Å². The smallest absolute Gasteiger partial charge is 0.197 e. The summed E-state index contributed by atoms with van der Waals surface area (Å²) >= 11 is 0. The predicted octanol–water partition coefficient (Wildman–Crippen LogP) is 6.97. The van der Waals surface area contributed by atoms with E-state index in [1.54, 1.807) is 6.20 Å². The number of ether oxygens (including phenoxy) is 1. The van der Waals surface area contributed by atoms with Crippen LogP contribution in [0.1, 0.15) is 73.0 Å². The third-order valence-corrected chi connectivity index (χ3v) is 5.70. The summed E-state index contributed by atoms with van der Waals surface area (Å²) in [5, 5.41) is 3.55. The van der Waals surface area contributed by atoms with Gasteiger partial charge in [0.1, 0.15) is 18.2 Å². The van der Waals surface area contributed by atoms with E-state index < -0.39 is 0 Å². The van der Waals surface area contributed by atoms with E-state index in [0.717, 1.165) is 49.0 Å². The molecule has 2 aromatic carbocycles. The van der Waals surface area contributed by atoms with Gasteiger partial charge in [-0.15, -0.1) is 0 Å². The summed E-state index contributed by atoms with van der Waals surface area (Å²) < 4.78 is 6.04. The lowest BCUT2D eigenvalue weighted by Gasteiger charge is -2.20. The second kappa shape index (κ2) is 12.0. The van der Waals surface area contributed by atoms with Crippen molar-refractivity contribution in [2.75, 3.05) is 5.32 Å². The number of pyridine rings is 1. The lowest BCUT2D eigenvalue weighted by Crippen LogP contribution is -2.22. The highest BCUT2D eigenvalue weighted by Crippen LogP contribution is 2.27. The molecule has 0 aliphatic carbocycles. The number of aromatic nitrogens is 1. The number of rotatable bonds is 12. The Balaban J connectivity index is 1.81. The fourth-order valence-electron chi connectivity index (χ4n) is 3.88. The Hall–Kier alpha value is -3.14. The van der Waals surface area contributed by atoms with Gasteiger partial charge in [-0.2, -0.15) is 0 Å². The molecule has 0 spiro atoms. The fraction of sp³-hybridized carbons (Fsp3) is 0.357. The van der Waals surface area contributed by atoms with Crippen molar-refractivity contribution in [1.29, 1.82) is 0 Å². The van der Waals surface area contributed by atoms with Crippen molar-refractivity contribution in [1.82, 2.24) is 4.98 Å². The molecule has 3 aromatic rings. The van der Waals surface area contributed by atoms with Crippen molar-refractivity contribution < 1.29 is 9.53 Å². The maximum absolute atomic E-state index is 13.5. The summed E-state index contributed by atoms with van der Waals surface area (Å²) in [4.78, 5) is 18.1. The van der Waals surface area contributed by atoms with Gasteiger partial charge in [0.25, 0.3) is 0 Å². The van der Waals surface area contributed by atoms with Gasteiger partial charge in [0.05, 0.1) is 5.56 Å². The van der Waals surface area contributed by atoms with E-state index in [2.05, 4.69) is 24.1 Å². The number of hydrogen-bond acceptors (Lipinski definition) is 4. The Morgan fingerprint density at radius 2 is 1.72 bits per heavy atom. The van der Waals surface area contributed by atoms with Gasteiger partial charge in [-0.3, -0.25) is 4.79 Å². The van der Waals surface area contributed by atoms with E-state index in [1.165, 1.54) is 0 Å². The normalized spacial score (nSPS) is 11.7. The van der Waals surface area contributed by atoms with Gasteiger partial charge in [0, 0.05) is 23.4 Å². The molecule has 0 aliphatic rings. The van der Waals surface area contributed by atoms with Crippen molar-refractivity contribution in [3.8, 4) is 5.75 Å². The molecule has 0 aliphatic heterocycles. The highest BCUT2D eigenvalue weighted by atomic mass is 16.5. The lowest BCUT2D eigenvalue weighted by molar-refractivity contribution is 0.103. The molecule has 1 N–H and O–H groups in total. The van der Waals surface area contributed by atoms with Crippen LogP contribution in [-0.4, -0.2) is 16.8 Å². The van der Waals surface area contributed by atoms with Crippen molar-refractivity contribution >= 4 is 11.6 Å². The average Bonchev–Trinajstić information content (AvgIpc) is 2.82. The predicted molar refractivity (Wildman–Crippen MR) is 131 cm³/mol. The zero-order valence-corrected chi connectivity index (χ0v) is 19.4. The van der Waals surface area contributed by atoms with E-state index >= 15 is 0 Å². The van der Waals surface area contributed by atoms with Crippen LogP contribution in [0.3, 0.4) is 0 Å². The Bertz CT molecular complexity index is 1000. The summed E-state index contributed by atoms with van der Waals surface area (Å²) in [5.74, 6) is 1.36. The quantitative estimate of drug-likeness (QED) is 0.315. The highest BCUT2D eigenvalue weighted by molar-refractivity contribution is 6.12. The number of ketones is 1. The summed E-state index contributed by atoms with van der Waals surface area (Å²) in [7, 11) is 0. The average molecular weight is 431 g/mol. The SMILES string of the molecule is CCCCC(CCC)Nc1ncccc1C(=O)c1cccc(OCc2ccccc2)c1C. The molecule has 4 nitrogen and oxygen atoms in total. The summed E-state index contributed by atoms with van der Waals surface area (Å²) in [6.45, 7) is 6.80. The van der Waals surface area contributed by atoms with Gasteiger partial charge in [-0.25, -0.2) is 4.98 Å². The van der Waals surface area contributed by atoms with Gasteiger partial charge in [-0.1, -0.05) is 75.6 Å². The van der Waals surface area contributed by atoms with Crippen LogP contribution in [0.5, 0.6) is 5.75 Å². The first-order valence-electron chi connectivity index (χ1n) is 11.7.